The van der Waals surface area contributed by atoms with E-state index in [2.05, 4.69) is 146 Å². The van der Waals surface area contributed by atoms with Crippen LogP contribution >= 0.6 is 0 Å². The average molecular weight is 1000 g/mol. The van der Waals surface area contributed by atoms with Gasteiger partial charge in [0.15, 0.2) is 0 Å². The highest BCUT2D eigenvalue weighted by Gasteiger charge is 2.54. The first-order chi connectivity index (χ1) is 34.1. The van der Waals surface area contributed by atoms with Gasteiger partial charge < -0.3 is 46.9 Å². The summed E-state index contributed by atoms with van der Waals surface area (Å²) in [6.45, 7) is 47.4. The topological polar surface area (TPSA) is 102 Å². The van der Waals surface area contributed by atoms with E-state index in [4.69, 9.17) is 46.9 Å². The van der Waals surface area contributed by atoms with E-state index in [1.807, 2.05) is 52.0 Å². The Labute approximate surface area is 436 Å². The number of hydrogen-bond donors (Lipinski definition) is 0. The molecule has 9 rings (SSSR count). The van der Waals surface area contributed by atoms with Crippen LogP contribution in [0.3, 0.4) is 0 Å². The smallest absolute Gasteiger partial charge is 0.492 e. The van der Waals surface area contributed by atoms with Gasteiger partial charge in [-0.2, -0.15) is 0 Å². The summed E-state index contributed by atoms with van der Waals surface area (Å²) in [5.41, 5.74) is 4.03. The van der Waals surface area contributed by atoms with Crippen LogP contribution in [-0.2, 0) is 55.2 Å². The molecule has 0 amide bonds. The molecule has 16 heteroatoms. The Balaban J connectivity index is 0.000000194. The van der Waals surface area contributed by atoms with E-state index in [0.29, 0.717) is 6.61 Å². The number of morpholine rings is 3. The van der Waals surface area contributed by atoms with E-state index in [9.17, 15) is 0 Å². The molecule has 0 spiro atoms. The highest BCUT2D eigenvalue weighted by atomic mass is 16.7. The summed E-state index contributed by atoms with van der Waals surface area (Å²) in [4.78, 5) is 7.21. The van der Waals surface area contributed by atoms with Crippen molar-refractivity contribution in [2.24, 2.45) is 0 Å². The van der Waals surface area contributed by atoms with Crippen LogP contribution in [-0.4, -0.2) is 162 Å². The molecule has 0 radical (unpaired) electrons. The highest BCUT2D eigenvalue weighted by molar-refractivity contribution is 6.63. The van der Waals surface area contributed by atoms with Crippen LogP contribution in [0.4, 0.5) is 0 Å². The molecule has 0 saturated carbocycles. The van der Waals surface area contributed by atoms with E-state index < -0.39 is 0 Å². The van der Waals surface area contributed by atoms with E-state index in [1.165, 1.54) is 11.1 Å². The Kier molecular flexibility index (Phi) is 22.3. The van der Waals surface area contributed by atoms with Crippen LogP contribution in [0.2, 0.25) is 0 Å². The van der Waals surface area contributed by atoms with E-state index in [0.717, 1.165) is 121 Å². The van der Waals surface area contributed by atoms with Gasteiger partial charge in [-0.15, -0.1) is 0 Å². The first kappa shape index (κ1) is 60.0. The molecule has 13 nitrogen and oxygen atoms in total. The third kappa shape index (κ3) is 16.1. The average Bonchev–Trinajstić information content (AvgIpc) is 3.84. The zero-order chi connectivity index (χ0) is 52.8. The van der Waals surface area contributed by atoms with Crippen molar-refractivity contribution in [3.63, 3.8) is 0 Å². The fourth-order valence-electron chi connectivity index (χ4n) is 8.53. The van der Waals surface area contributed by atoms with Gasteiger partial charge >= 0.3 is 21.4 Å². The standard InChI is InChI=1S/C18H28BNO4.2C17H26BNO3.2C2H6/c1-17(2)18(3,4)24-19(23-17)15-5-7-16(8-6-15)22-14-11-20-9-12-21-13-10-20;1-16(2)17(3,4)22-18(21-16)15-7-5-6-14(12-15)13-19-8-10-20-11-9-19;1-16(2)17(3,4)22-18(21-16)15-8-6-5-7-14(15)13-19-9-11-20-12-10-19;2*1-2/h5-8H,9-14H2,1-4H3;5-7,12H,8-11,13H2,1-4H3;5-8H,9-13H2,1-4H3;2*1-2H3. The first-order valence-corrected chi connectivity index (χ1v) is 27.0. The van der Waals surface area contributed by atoms with Gasteiger partial charge in [0.2, 0.25) is 0 Å². The fraction of sp³-hybridized carbons (Fsp3) is 0.679. The Morgan fingerprint density at radius 1 is 0.431 bits per heavy atom. The minimum atomic E-state index is -0.322. The molecule has 0 N–H and O–H groups in total. The predicted molar refractivity (Wildman–Crippen MR) is 294 cm³/mol. The molecule has 6 saturated heterocycles. The van der Waals surface area contributed by atoms with Gasteiger partial charge in [0, 0.05) is 58.9 Å². The zero-order valence-corrected chi connectivity index (χ0v) is 47.4. The molecule has 3 aromatic carbocycles. The summed E-state index contributed by atoms with van der Waals surface area (Å²) in [7, 11) is -0.894. The lowest BCUT2D eigenvalue weighted by molar-refractivity contribution is 0.00578. The highest BCUT2D eigenvalue weighted by Crippen LogP contribution is 2.39. The molecule has 0 aliphatic carbocycles. The molecule has 0 bridgehead atoms. The minimum Gasteiger partial charge on any atom is -0.492 e. The molecule has 6 fully saturated rings. The number of rotatable bonds is 11. The lowest BCUT2D eigenvalue weighted by Gasteiger charge is -2.32. The van der Waals surface area contributed by atoms with Crippen molar-refractivity contribution < 1.29 is 46.9 Å². The van der Waals surface area contributed by atoms with Crippen molar-refractivity contribution in [3.8, 4) is 5.75 Å². The number of hydrogen-bond acceptors (Lipinski definition) is 13. The Hall–Kier alpha value is -2.83. The van der Waals surface area contributed by atoms with Gasteiger partial charge in [-0.25, -0.2) is 0 Å². The number of benzene rings is 3. The lowest BCUT2D eigenvalue weighted by atomic mass is 9.76. The molecule has 0 unspecified atom stereocenters. The van der Waals surface area contributed by atoms with Crippen molar-refractivity contribution >= 4 is 37.7 Å². The fourth-order valence-corrected chi connectivity index (χ4v) is 8.53. The number of nitrogens with zero attached hydrogens (tertiary/aromatic N) is 3. The van der Waals surface area contributed by atoms with Crippen LogP contribution in [0.5, 0.6) is 5.75 Å². The second-order valence-electron chi connectivity index (χ2n) is 21.9. The summed E-state index contributed by atoms with van der Waals surface area (Å²) in [6, 6.07) is 25.0. The second-order valence-corrected chi connectivity index (χ2v) is 21.9. The molecular formula is C56H92B3N3O10. The summed E-state index contributed by atoms with van der Waals surface area (Å²) in [6.07, 6.45) is 0. The molecular weight excluding hydrogens is 907 g/mol. The summed E-state index contributed by atoms with van der Waals surface area (Å²) in [5, 5.41) is 0. The van der Waals surface area contributed by atoms with Gasteiger partial charge in [-0.1, -0.05) is 88.4 Å². The molecule has 6 aliphatic heterocycles. The largest absolute Gasteiger partial charge is 0.495 e. The predicted octanol–water partition coefficient (Wildman–Crippen LogP) is 7.39. The Bertz CT molecular complexity index is 2010. The van der Waals surface area contributed by atoms with Gasteiger partial charge in [-0.3, -0.25) is 14.7 Å². The molecule has 3 aromatic rings. The summed E-state index contributed by atoms with van der Waals surface area (Å²) < 4.78 is 58.9. The lowest BCUT2D eigenvalue weighted by Crippen LogP contribution is -2.41. The molecule has 400 valence electrons. The van der Waals surface area contributed by atoms with Gasteiger partial charge in [0.1, 0.15) is 12.4 Å². The third-order valence-corrected chi connectivity index (χ3v) is 15.2. The summed E-state index contributed by atoms with van der Waals surface area (Å²) >= 11 is 0. The monoisotopic (exact) mass is 1000 g/mol. The first-order valence-electron chi connectivity index (χ1n) is 27.0. The third-order valence-electron chi connectivity index (χ3n) is 15.2. The normalized spacial score (nSPS) is 23.0. The van der Waals surface area contributed by atoms with Crippen molar-refractivity contribution in [1.29, 1.82) is 0 Å². The van der Waals surface area contributed by atoms with Gasteiger partial charge in [0.05, 0.1) is 73.2 Å². The zero-order valence-electron chi connectivity index (χ0n) is 47.4. The van der Waals surface area contributed by atoms with Crippen LogP contribution in [0, 0.1) is 0 Å². The molecule has 72 heavy (non-hydrogen) atoms. The molecule has 6 aliphatic rings. The van der Waals surface area contributed by atoms with E-state index in [1.54, 1.807) is 0 Å². The van der Waals surface area contributed by atoms with Crippen molar-refractivity contribution in [2.45, 2.75) is 157 Å². The van der Waals surface area contributed by atoms with Crippen LogP contribution < -0.4 is 21.1 Å². The van der Waals surface area contributed by atoms with E-state index in [-0.39, 0.29) is 55.0 Å². The maximum Gasteiger partial charge on any atom is 0.495 e. The van der Waals surface area contributed by atoms with Crippen LogP contribution in [0.25, 0.3) is 0 Å². The second kappa shape index (κ2) is 26.8. The molecule has 0 aromatic heterocycles. The van der Waals surface area contributed by atoms with Crippen molar-refractivity contribution in [2.75, 3.05) is 92.1 Å². The number of ether oxygens (including phenoxy) is 4. The molecule has 0 atom stereocenters. The van der Waals surface area contributed by atoms with Gasteiger partial charge in [-0.05, 0) is 123 Å². The quantitative estimate of drug-likeness (QED) is 0.179. The van der Waals surface area contributed by atoms with Gasteiger partial charge in [0.25, 0.3) is 0 Å². The maximum atomic E-state index is 6.21. The Morgan fingerprint density at radius 3 is 1.31 bits per heavy atom. The SMILES string of the molecule is CC.CC.CC1(C)OB(c2ccc(OCCN3CCOCC3)cc2)OC1(C)C.CC1(C)OB(c2cccc(CN3CCOCC3)c2)OC1(C)C.CC1(C)OB(c2ccccc2CN2CCOCC2)OC1(C)C. The molecule has 6 heterocycles. The van der Waals surface area contributed by atoms with Crippen LogP contribution in [0.1, 0.15) is 122 Å². The van der Waals surface area contributed by atoms with Crippen molar-refractivity contribution in [1.82, 2.24) is 14.7 Å². The minimum absolute atomic E-state index is 0.283. The summed E-state index contributed by atoms with van der Waals surface area (Å²) in [5.74, 6) is 0.878. The van der Waals surface area contributed by atoms with Crippen molar-refractivity contribution in [3.05, 3.63) is 83.9 Å². The Morgan fingerprint density at radius 2 is 0.833 bits per heavy atom. The van der Waals surface area contributed by atoms with Crippen LogP contribution in [0.15, 0.2) is 72.8 Å². The maximum absolute atomic E-state index is 6.21. The van der Waals surface area contributed by atoms with E-state index >= 15 is 0 Å².